The minimum Gasteiger partial charge on any atom is -0.409 e. The Morgan fingerprint density at radius 1 is 1.31 bits per heavy atom. The van der Waals surface area contributed by atoms with E-state index in [1.807, 2.05) is 0 Å². The number of ether oxygens (including phenoxy) is 1. The van der Waals surface area contributed by atoms with Crippen molar-refractivity contribution in [3.8, 4) is 5.75 Å². The van der Waals surface area contributed by atoms with Crippen molar-refractivity contribution in [2.45, 2.75) is 0 Å². The molecular weight excluding hydrogens is 174 g/mol. The van der Waals surface area contributed by atoms with Crippen LogP contribution in [0.15, 0.2) is 18.3 Å². The molecule has 1 heterocycles. The zero-order valence-electron chi connectivity index (χ0n) is 6.56. The zero-order valence-corrected chi connectivity index (χ0v) is 6.56. The predicted octanol–water partition coefficient (Wildman–Crippen LogP) is -0.362. The zero-order chi connectivity index (χ0) is 9.84. The second kappa shape index (κ2) is 3.53. The monoisotopic (exact) mass is 181 g/mol. The summed E-state index contributed by atoms with van der Waals surface area (Å²) in [6, 6.07) is 2.71. The summed E-state index contributed by atoms with van der Waals surface area (Å²) in [4.78, 5) is 24.5. The van der Waals surface area contributed by atoms with Crippen molar-refractivity contribution in [3.05, 3.63) is 24.0 Å². The molecule has 0 atom stereocenters. The van der Waals surface area contributed by atoms with Gasteiger partial charge in [-0.1, -0.05) is 0 Å². The number of carbonyl (C=O) groups excluding carboxylic acids is 2. The molecule has 0 aliphatic heterocycles. The van der Waals surface area contributed by atoms with Crippen LogP contribution in [0, 0.1) is 0 Å². The van der Waals surface area contributed by atoms with E-state index in [9.17, 15) is 9.59 Å². The van der Waals surface area contributed by atoms with E-state index in [0.717, 1.165) is 0 Å². The van der Waals surface area contributed by atoms with Gasteiger partial charge in [-0.3, -0.25) is 4.79 Å². The van der Waals surface area contributed by atoms with Crippen molar-refractivity contribution in [2.75, 3.05) is 0 Å². The molecule has 0 aliphatic carbocycles. The molecule has 6 heteroatoms. The number of pyridine rings is 1. The summed E-state index contributed by atoms with van der Waals surface area (Å²) in [5.74, 6) is -0.483. The number of hydrogen-bond donors (Lipinski definition) is 2. The first kappa shape index (κ1) is 8.98. The molecule has 4 N–H and O–H groups in total. The third-order valence-electron chi connectivity index (χ3n) is 1.21. The van der Waals surface area contributed by atoms with Crippen LogP contribution < -0.4 is 16.2 Å². The molecule has 68 valence electrons. The average Bonchev–Trinajstić information content (AvgIpc) is 2.04. The van der Waals surface area contributed by atoms with Gasteiger partial charge in [0.05, 0.1) is 6.20 Å². The van der Waals surface area contributed by atoms with Gasteiger partial charge in [-0.2, -0.15) is 0 Å². The molecule has 13 heavy (non-hydrogen) atoms. The van der Waals surface area contributed by atoms with Crippen LogP contribution in [0.5, 0.6) is 5.75 Å². The highest BCUT2D eigenvalue weighted by atomic mass is 16.5. The molecule has 0 saturated heterocycles. The molecule has 6 nitrogen and oxygen atoms in total. The maximum absolute atomic E-state index is 10.6. The van der Waals surface area contributed by atoms with Crippen molar-refractivity contribution < 1.29 is 14.3 Å². The maximum atomic E-state index is 10.6. The van der Waals surface area contributed by atoms with Crippen molar-refractivity contribution in [2.24, 2.45) is 11.5 Å². The largest absolute Gasteiger partial charge is 0.410 e. The molecular formula is C7H7N3O3. The fourth-order valence-corrected chi connectivity index (χ4v) is 0.703. The second-order valence-electron chi connectivity index (χ2n) is 2.16. The lowest BCUT2D eigenvalue weighted by molar-refractivity contribution is 0.0995. The molecule has 1 aromatic heterocycles. The Kier molecular flexibility index (Phi) is 2.44. The van der Waals surface area contributed by atoms with Crippen molar-refractivity contribution in [3.63, 3.8) is 0 Å². The summed E-state index contributed by atoms with van der Waals surface area (Å²) >= 11 is 0. The highest BCUT2D eigenvalue weighted by Gasteiger charge is 2.03. The Labute approximate surface area is 73.5 Å². The third kappa shape index (κ3) is 2.44. The van der Waals surface area contributed by atoms with Gasteiger partial charge in [0.15, 0.2) is 5.75 Å². The number of nitrogens with zero attached hydrogens (tertiary/aromatic N) is 1. The minimum absolute atomic E-state index is 0.0943. The lowest BCUT2D eigenvalue weighted by Crippen LogP contribution is -2.17. The minimum atomic E-state index is -0.936. The highest BCUT2D eigenvalue weighted by molar-refractivity contribution is 5.90. The summed E-state index contributed by atoms with van der Waals surface area (Å²) in [7, 11) is 0. The standard InChI is InChI=1S/C7H7N3O3/c8-6(11)5-2-1-4(3-10-5)13-7(9)12/h1-3H,(H2,8,11)(H2,9,12). The van der Waals surface area contributed by atoms with E-state index in [0.29, 0.717) is 0 Å². The highest BCUT2D eigenvalue weighted by Crippen LogP contribution is 2.08. The Hall–Kier alpha value is -2.11. The number of primary amides is 2. The molecule has 0 radical (unpaired) electrons. The summed E-state index contributed by atoms with van der Waals surface area (Å²) < 4.78 is 4.47. The van der Waals surface area contributed by atoms with Gasteiger partial charge in [0.25, 0.3) is 5.91 Å². The van der Waals surface area contributed by atoms with E-state index in [4.69, 9.17) is 11.5 Å². The van der Waals surface area contributed by atoms with Crippen LogP contribution in [-0.2, 0) is 0 Å². The van der Waals surface area contributed by atoms with Crippen molar-refractivity contribution in [1.82, 2.24) is 4.98 Å². The third-order valence-corrected chi connectivity index (χ3v) is 1.21. The van der Waals surface area contributed by atoms with Crippen LogP contribution in [0.4, 0.5) is 4.79 Å². The summed E-state index contributed by atoms with van der Waals surface area (Å²) in [5.41, 5.74) is 9.77. The number of rotatable bonds is 2. The molecule has 0 spiro atoms. The van der Waals surface area contributed by atoms with Gasteiger partial charge in [0, 0.05) is 0 Å². The molecule has 0 saturated carbocycles. The van der Waals surface area contributed by atoms with Gasteiger partial charge in [-0.25, -0.2) is 9.78 Å². The topological polar surface area (TPSA) is 108 Å². The Morgan fingerprint density at radius 3 is 2.38 bits per heavy atom. The summed E-state index contributed by atoms with van der Waals surface area (Å²) in [5, 5.41) is 0. The first-order valence-corrected chi connectivity index (χ1v) is 3.33. The van der Waals surface area contributed by atoms with E-state index in [-0.39, 0.29) is 11.4 Å². The lowest BCUT2D eigenvalue weighted by atomic mass is 10.3. The van der Waals surface area contributed by atoms with E-state index in [2.05, 4.69) is 9.72 Å². The van der Waals surface area contributed by atoms with Crippen molar-refractivity contribution >= 4 is 12.0 Å². The van der Waals surface area contributed by atoms with E-state index < -0.39 is 12.0 Å². The van der Waals surface area contributed by atoms with Gasteiger partial charge in [-0.15, -0.1) is 0 Å². The lowest BCUT2D eigenvalue weighted by Gasteiger charge is -1.99. The van der Waals surface area contributed by atoms with Crippen LogP contribution in [0.3, 0.4) is 0 Å². The number of hydrogen-bond acceptors (Lipinski definition) is 4. The number of aromatic nitrogens is 1. The average molecular weight is 181 g/mol. The van der Waals surface area contributed by atoms with Crippen molar-refractivity contribution in [1.29, 1.82) is 0 Å². The van der Waals surface area contributed by atoms with E-state index >= 15 is 0 Å². The van der Waals surface area contributed by atoms with Gasteiger partial charge in [0.2, 0.25) is 0 Å². The van der Waals surface area contributed by atoms with Gasteiger partial charge in [-0.05, 0) is 12.1 Å². The van der Waals surface area contributed by atoms with Crippen LogP contribution in [0.25, 0.3) is 0 Å². The fraction of sp³-hybridized carbons (Fsp3) is 0. The van der Waals surface area contributed by atoms with E-state index in [1.165, 1.54) is 18.3 Å². The molecule has 0 unspecified atom stereocenters. The van der Waals surface area contributed by atoms with Crippen LogP contribution in [0.2, 0.25) is 0 Å². The van der Waals surface area contributed by atoms with Gasteiger partial charge in [0.1, 0.15) is 5.69 Å². The smallest absolute Gasteiger partial charge is 0.409 e. The number of nitrogens with two attached hydrogens (primary N) is 2. The predicted molar refractivity (Wildman–Crippen MR) is 43.0 cm³/mol. The number of amides is 2. The maximum Gasteiger partial charge on any atom is 0.410 e. The molecule has 0 aliphatic rings. The molecule has 1 aromatic rings. The first-order valence-electron chi connectivity index (χ1n) is 3.33. The first-order chi connectivity index (χ1) is 6.09. The summed E-state index contributed by atoms with van der Waals surface area (Å²) in [6.45, 7) is 0. The van der Waals surface area contributed by atoms with Gasteiger partial charge < -0.3 is 16.2 Å². The van der Waals surface area contributed by atoms with Gasteiger partial charge >= 0.3 is 6.09 Å². The van der Waals surface area contributed by atoms with Crippen LogP contribution >= 0.6 is 0 Å². The summed E-state index contributed by atoms with van der Waals surface area (Å²) in [6.07, 6.45) is 0.249. The Morgan fingerprint density at radius 2 is 2.00 bits per heavy atom. The fourth-order valence-electron chi connectivity index (χ4n) is 0.703. The molecule has 1 rings (SSSR count). The molecule has 0 aromatic carbocycles. The number of carbonyl (C=O) groups is 2. The normalized spacial score (nSPS) is 9.23. The molecule has 0 bridgehead atoms. The Bertz CT molecular complexity index is 333. The second-order valence-corrected chi connectivity index (χ2v) is 2.16. The SMILES string of the molecule is NC(=O)Oc1ccc(C(N)=O)nc1. The van der Waals surface area contributed by atoms with Crippen LogP contribution in [-0.4, -0.2) is 17.0 Å². The molecule has 0 fully saturated rings. The van der Waals surface area contributed by atoms with Crippen LogP contribution in [0.1, 0.15) is 10.5 Å². The quantitative estimate of drug-likeness (QED) is 0.649. The Balaban J connectivity index is 2.81. The van der Waals surface area contributed by atoms with E-state index in [1.54, 1.807) is 0 Å². The molecule has 2 amide bonds.